The molecule has 0 aromatic carbocycles. The maximum atomic E-state index is 12.3. The summed E-state index contributed by atoms with van der Waals surface area (Å²) in [6.07, 6.45) is 8.22. The minimum atomic E-state index is -2.34. The number of anilines is 1. The normalized spacial score (nSPS) is 19.0. The highest BCUT2D eigenvalue weighted by Gasteiger charge is 2.23. The van der Waals surface area contributed by atoms with Crippen LogP contribution in [0.25, 0.3) is 17.5 Å². The van der Waals surface area contributed by atoms with E-state index in [0.29, 0.717) is 24.9 Å². The molecule has 0 unspecified atom stereocenters. The molecule has 8 heteroatoms. The molecule has 2 aromatic rings. The number of rotatable bonds is 3. The summed E-state index contributed by atoms with van der Waals surface area (Å²) in [6.45, 7) is 6.14. The largest absolute Gasteiger partial charge is 0.377 e. The summed E-state index contributed by atoms with van der Waals surface area (Å²) < 4.78 is 22.2. The highest BCUT2D eigenvalue weighted by atomic mass is 32.2. The van der Waals surface area contributed by atoms with Gasteiger partial charge in [-0.2, -0.15) is 4.36 Å². The molecule has 3 heterocycles. The summed E-state index contributed by atoms with van der Waals surface area (Å²) in [7, 11) is -2.34. The van der Waals surface area contributed by atoms with E-state index in [-0.39, 0.29) is 6.04 Å². The Morgan fingerprint density at radius 3 is 2.82 bits per heavy atom. The zero-order valence-electron chi connectivity index (χ0n) is 16.7. The van der Waals surface area contributed by atoms with E-state index in [1.54, 1.807) is 12.5 Å². The molecule has 0 saturated carbocycles. The van der Waals surface area contributed by atoms with Crippen molar-refractivity contribution < 1.29 is 8.95 Å². The molecule has 4 rings (SSSR count). The average Bonchev–Trinajstić information content (AvgIpc) is 3.08. The molecule has 0 radical (unpaired) electrons. The van der Waals surface area contributed by atoms with Crippen molar-refractivity contribution in [2.75, 3.05) is 37.2 Å². The Morgan fingerprint density at radius 1 is 1.25 bits per heavy atom. The molecule has 1 atom stereocenters. The number of fused-ring (bicyclic) bond motifs is 1. The number of allylic oxidation sites excluding steroid dienone is 1. The summed E-state index contributed by atoms with van der Waals surface area (Å²) in [5, 5.41) is 0. The highest BCUT2D eigenvalue weighted by Crippen LogP contribution is 2.32. The third-order valence-corrected chi connectivity index (χ3v) is 5.40. The predicted molar refractivity (Wildman–Crippen MR) is 112 cm³/mol. The topological polar surface area (TPSA) is 80.6 Å². The SMILES string of the molecule is Cc1cc(-c2nc(N=S(C)(C)=O)cc(N3CCOC[C@H]3C)n2)c2c(n1)CC=C2. The predicted octanol–water partition coefficient (Wildman–Crippen LogP) is 3.00. The van der Waals surface area contributed by atoms with E-state index in [1.165, 1.54) is 0 Å². The second-order valence-electron chi connectivity index (χ2n) is 7.58. The van der Waals surface area contributed by atoms with Crippen LogP contribution in [0.5, 0.6) is 0 Å². The molecular weight excluding hydrogens is 374 g/mol. The van der Waals surface area contributed by atoms with E-state index >= 15 is 0 Å². The Kier molecular flexibility index (Phi) is 4.93. The van der Waals surface area contributed by atoms with E-state index < -0.39 is 9.73 Å². The lowest BCUT2D eigenvalue weighted by atomic mass is 10.1. The highest BCUT2D eigenvalue weighted by molar-refractivity contribution is 7.92. The number of morpholine rings is 1. The third-order valence-electron chi connectivity index (χ3n) is 4.78. The molecule has 1 fully saturated rings. The number of nitrogens with zero attached hydrogens (tertiary/aromatic N) is 5. The lowest BCUT2D eigenvalue weighted by Gasteiger charge is -2.34. The van der Waals surface area contributed by atoms with Gasteiger partial charge in [0, 0.05) is 58.1 Å². The monoisotopic (exact) mass is 399 g/mol. The van der Waals surface area contributed by atoms with Crippen molar-refractivity contribution in [1.82, 2.24) is 15.0 Å². The zero-order valence-corrected chi connectivity index (χ0v) is 17.5. The molecule has 0 bridgehead atoms. The molecule has 1 aliphatic carbocycles. The lowest BCUT2D eigenvalue weighted by Crippen LogP contribution is -2.44. The van der Waals surface area contributed by atoms with Crippen LogP contribution < -0.4 is 4.90 Å². The van der Waals surface area contributed by atoms with Crippen LogP contribution in [0.3, 0.4) is 0 Å². The number of ether oxygens (including phenoxy) is 1. The average molecular weight is 400 g/mol. The molecule has 1 aliphatic heterocycles. The van der Waals surface area contributed by atoms with Gasteiger partial charge in [-0.05, 0) is 19.9 Å². The van der Waals surface area contributed by atoms with Crippen LogP contribution in [0, 0.1) is 6.92 Å². The van der Waals surface area contributed by atoms with E-state index in [0.717, 1.165) is 41.3 Å². The number of hydrogen-bond donors (Lipinski definition) is 0. The van der Waals surface area contributed by atoms with Gasteiger partial charge >= 0.3 is 0 Å². The van der Waals surface area contributed by atoms with Gasteiger partial charge in [-0.1, -0.05) is 12.2 Å². The first-order valence-electron chi connectivity index (χ1n) is 9.38. The van der Waals surface area contributed by atoms with Crippen molar-refractivity contribution in [3.63, 3.8) is 0 Å². The fraction of sp³-hybridized carbons (Fsp3) is 0.450. The van der Waals surface area contributed by atoms with Crippen LogP contribution in [-0.4, -0.2) is 57.5 Å². The Morgan fingerprint density at radius 2 is 2.07 bits per heavy atom. The van der Waals surface area contributed by atoms with Gasteiger partial charge in [0.05, 0.1) is 24.9 Å². The minimum absolute atomic E-state index is 0.196. The van der Waals surface area contributed by atoms with Crippen molar-refractivity contribution >= 4 is 27.4 Å². The fourth-order valence-corrected chi connectivity index (χ4v) is 4.14. The Labute approximate surface area is 166 Å². The van der Waals surface area contributed by atoms with Gasteiger partial charge in [-0.15, -0.1) is 0 Å². The van der Waals surface area contributed by atoms with Crippen LogP contribution in [0.15, 0.2) is 22.6 Å². The summed E-state index contributed by atoms with van der Waals surface area (Å²) in [4.78, 5) is 16.4. The smallest absolute Gasteiger partial charge is 0.167 e. The maximum absolute atomic E-state index is 12.3. The van der Waals surface area contributed by atoms with Crippen LogP contribution in [0.1, 0.15) is 23.9 Å². The van der Waals surface area contributed by atoms with Gasteiger partial charge in [0.15, 0.2) is 11.6 Å². The van der Waals surface area contributed by atoms with Crippen LogP contribution in [-0.2, 0) is 20.9 Å². The Balaban J connectivity index is 1.90. The maximum Gasteiger partial charge on any atom is 0.167 e. The van der Waals surface area contributed by atoms with Gasteiger partial charge in [-0.25, -0.2) is 14.2 Å². The quantitative estimate of drug-likeness (QED) is 0.789. The summed E-state index contributed by atoms with van der Waals surface area (Å²) in [5.41, 5.74) is 3.96. The van der Waals surface area contributed by atoms with Gasteiger partial charge in [-0.3, -0.25) is 4.98 Å². The molecule has 2 aliphatic rings. The molecule has 7 nitrogen and oxygen atoms in total. The second kappa shape index (κ2) is 7.25. The van der Waals surface area contributed by atoms with Crippen molar-refractivity contribution in [1.29, 1.82) is 0 Å². The number of hydrogen-bond acceptors (Lipinski definition) is 7. The Bertz CT molecular complexity index is 1060. The van der Waals surface area contributed by atoms with Gasteiger partial charge in [0.1, 0.15) is 5.82 Å². The van der Waals surface area contributed by atoms with Gasteiger partial charge in [0.25, 0.3) is 0 Å². The molecular formula is C20H25N5O2S. The first kappa shape index (κ1) is 19.0. The molecule has 148 valence electrons. The van der Waals surface area contributed by atoms with E-state index in [9.17, 15) is 4.21 Å². The van der Waals surface area contributed by atoms with Crippen LogP contribution >= 0.6 is 0 Å². The lowest BCUT2D eigenvalue weighted by molar-refractivity contribution is 0.0985. The molecule has 2 aromatic heterocycles. The minimum Gasteiger partial charge on any atom is -0.377 e. The third kappa shape index (κ3) is 3.93. The Hall–Kier alpha value is -2.32. The molecule has 1 saturated heterocycles. The number of aryl methyl sites for hydroxylation is 1. The van der Waals surface area contributed by atoms with E-state index in [4.69, 9.17) is 9.72 Å². The van der Waals surface area contributed by atoms with Gasteiger partial charge < -0.3 is 9.64 Å². The van der Waals surface area contributed by atoms with Crippen LogP contribution in [0.2, 0.25) is 0 Å². The summed E-state index contributed by atoms with van der Waals surface area (Å²) in [5.74, 6) is 1.82. The van der Waals surface area contributed by atoms with Crippen molar-refractivity contribution in [2.45, 2.75) is 26.3 Å². The van der Waals surface area contributed by atoms with Gasteiger partial charge in [0.2, 0.25) is 0 Å². The van der Waals surface area contributed by atoms with E-state index in [1.807, 2.05) is 19.1 Å². The van der Waals surface area contributed by atoms with Crippen molar-refractivity contribution in [3.8, 4) is 11.4 Å². The summed E-state index contributed by atoms with van der Waals surface area (Å²) in [6, 6.07) is 4.03. The fourth-order valence-electron chi connectivity index (χ4n) is 3.59. The zero-order chi connectivity index (χ0) is 19.9. The molecule has 0 spiro atoms. The van der Waals surface area contributed by atoms with Crippen molar-refractivity contribution in [3.05, 3.63) is 35.2 Å². The van der Waals surface area contributed by atoms with E-state index in [2.05, 4.69) is 38.3 Å². The standard InChI is InChI=1S/C20H25N5O2S/c1-13-10-16(15-6-5-7-17(15)21-13)20-22-18(24-28(3,4)26)11-19(23-20)25-8-9-27-12-14(25)2/h5-6,10-11,14H,7-9,12H2,1-4H3/t14-/m1/s1. The number of aromatic nitrogens is 3. The number of pyridine rings is 1. The molecule has 28 heavy (non-hydrogen) atoms. The van der Waals surface area contributed by atoms with Crippen molar-refractivity contribution in [2.24, 2.45) is 4.36 Å². The first-order valence-corrected chi connectivity index (χ1v) is 11.7. The van der Waals surface area contributed by atoms with Crippen LogP contribution in [0.4, 0.5) is 11.6 Å². The molecule has 0 amide bonds. The first-order chi connectivity index (χ1) is 13.3. The summed E-state index contributed by atoms with van der Waals surface area (Å²) >= 11 is 0. The second-order valence-corrected chi connectivity index (χ2v) is 10.1. The molecule has 0 N–H and O–H groups in total.